The van der Waals surface area contributed by atoms with E-state index in [1.807, 2.05) is 0 Å². The molecule has 0 bridgehead atoms. The summed E-state index contributed by atoms with van der Waals surface area (Å²) in [6.45, 7) is 2.32. The third kappa shape index (κ3) is 3.00. The number of nitrogens with zero attached hydrogens (tertiary/aromatic N) is 4. The van der Waals surface area contributed by atoms with Crippen molar-refractivity contribution in [3.63, 3.8) is 0 Å². The van der Waals surface area contributed by atoms with Crippen LogP contribution in [0.15, 0.2) is 22.9 Å². The molecule has 8 heteroatoms. The van der Waals surface area contributed by atoms with Crippen LogP contribution in [0.3, 0.4) is 0 Å². The summed E-state index contributed by atoms with van der Waals surface area (Å²) in [6, 6.07) is 2.95. The number of aromatic nitrogens is 3. The molecule has 94 valence electrons. The minimum absolute atomic E-state index is 0.172. The first kappa shape index (κ1) is 12.0. The fraction of sp³-hybridized carbons (Fsp3) is 0.300. The van der Waals surface area contributed by atoms with Crippen LogP contribution < -0.4 is 5.32 Å². The number of nitrogens with one attached hydrogen (secondary N) is 1. The number of pyridine rings is 1. The lowest BCUT2D eigenvalue weighted by Crippen LogP contribution is -2.06. The molecule has 2 rings (SSSR count). The van der Waals surface area contributed by atoms with Gasteiger partial charge < -0.3 is 20.0 Å². The van der Waals surface area contributed by atoms with Crippen molar-refractivity contribution in [3.05, 3.63) is 40.2 Å². The summed E-state index contributed by atoms with van der Waals surface area (Å²) in [5, 5.41) is 17.2. The van der Waals surface area contributed by atoms with Gasteiger partial charge >= 0.3 is 5.82 Å². The quantitative estimate of drug-likeness (QED) is 0.629. The molecule has 0 aromatic carbocycles. The largest absolute Gasteiger partial charge is 0.382 e. The molecule has 0 aliphatic carbocycles. The van der Waals surface area contributed by atoms with E-state index < -0.39 is 4.92 Å². The van der Waals surface area contributed by atoms with Crippen LogP contribution in [0.4, 0.5) is 11.5 Å². The smallest absolute Gasteiger partial charge is 0.363 e. The van der Waals surface area contributed by atoms with E-state index in [9.17, 15) is 10.1 Å². The molecule has 0 atom stereocenters. The maximum Gasteiger partial charge on any atom is 0.363 e. The molecule has 0 fully saturated rings. The predicted octanol–water partition coefficient (Wildman–Crippen LogP) is 1.34. The van der Waals surface area contributed by atoms with Gasteiger partial charge in [0.05, 0.1) is 5.69 Å². The second-order valence-corrected chi connectivity index (χ2v) is 3.57. The number of rotatable bonds is 5. The minimum atomic E-state index is -0.536. The second-order valence-electron chi connectivity index (χ2n) is 3.57. The van der Waals surface area contributed by atoms with Crippen molar-refractivity contribution >= 4 is 11.5 Å². The average Bonchev–Trinajstić information content (AvgIpc) is 2.76. The zero-order valence-electron chi connectivity index (χ0n) is 9.66. The highest BCUT2D eigenvalue weighted by Gasteiger charge is 2.06. The van der Waals surface area contributed by atoms with Crippen molar-refractivity contribution in [2.24, 2.45) is 0 Å². The van der Waals surface area contributed by atoms with Gasteiger partial charge in [-0.15, -0.1) is 0 Å². The van der Waals surface area contributed by atoms with Gasteiger partial charge in [0.25, 0.3) is 0 Å². The van der Waals surface area contributed by atoms with Crippen LogP contribution in [0.1, 0.15) is 11.7 Å². The fourth-order valence-electron chi connectivity index (χ4n) is 1.36. The van der Waals surface area contributed by atoms with Gasteiger partial charge in [-0.05, 0) is 16.0 Å². The topological polar surface area (TPSA) is 107 Å². The zero-order chi connectivity index (χ0) is 13.0. The molecular weight excluding hydrogens is 238 g/mol. The molecule has 2 aromatic rings. The van der Waals surface area contributed by atoms with Crippen LogP contribution >= 0.6 is 0 Å². The highest BCUT2D eigenvalue weighted by Crippen LogP contribution is 2.11. The standard InChI is InChI=1S/C10H11N5O3/c1-7-13-9(14-18-7)4-5-11-8-2-3-10(12-6-8)15(16)17/h2-3,6,11H,4-5H2,1H3. The first-order valence-electron chi connectivity index (χ1n) is 5.28. The third-order valence-electron chi connectivity index (χ3n) is 2.18. The Hall–Kier alpha value is -2.51. The molecule has 8 nitrogen and oxygen atoms in total. The zero-order valence-corrected chi connectivity index (χ0v) is 9.66. The number of anilines is 1. The first-order valence-corrected chi connectivity index (χ1v) is 5.28. The van der Waals surface area contributed by atoms with E-state index in [1.165, 1.54) is 12.3 Å². The van der Waals surface area contributed by atoms with E-state index in [4.69, 9.17) is 4.52 Å². The van der Waals surface area contributed by atoms with Crippen LogP contribution in [-0.2, 0) is 6.42 Å². The monoisotopic (exact) mass is 249 g/mol. The summed E-state index contributed by atoms with van der Waals surface area (Å²) in [4.78, 5) is 17.6. The Labute approximate surface area is 102 Å². The van der Waals surface area contributed by atoms with Gasteiger partial charge in [-0.1, -0.05) is 5.16 Å². The number of hydrogen-bond acceptors (Lipinski definition) is 7. The normalized spacial score (nSPS) is 10.3. The Morgan fingerprint density at radius 3 is 2.89 bits per heavy atom. The van der Waals surface area contributed by atoms with E-state index in [0.717, 1.165) is 0 Å². The van der Waals surface area contributed by atoms with E-state index in [2.05, 4.69) is 20.4 Å². The van der Waals surface area contributed by atoms with Gasteiger partial charge in [0.15, 0.2) is 12.0 Å². The minimum Gasteiger partial charge on any atom is -0.382 e. The van der Waals surface area contributed by atoms with Crippen molar-refractivity contribution in [3.8, 4) is 0 Å². The van der Waals surface area contributed by atoms with E-state index >= 15 is 0 Å². The Balaban J connectivity index is 1.85. The first-order chi connectivity index (χ1) is 8.65. The van der Waals surface area contributed by atoms with Crippen LogP contribution in [-0.4, -0.2) is 26.6 Å². The summed E-state index contributed by atoms with van der Waals surface area (Å²) in [5.74, 6) is 0.978. The number of hydrogen-bond donors (Lipinski definition) is 1. The van der Waals surface area contributed by atoms with E-state index in [-0.39, 0.29) is 5.82 Å². The molecule has 2 heterocycles. The molecule has 2 aromatic heterocycles. The molecule has 0 spiro atoms. The van der Waals surface area contributed by atoms with Gasteiger partial charge in [-0.25, -0.2) is 0 Å². The lowest BCUT2D eigenvalue weighted by molar-refractivity contribution is -0.389. The molecule has 0 aliphatic heterocycles. The van der Waals surface area contributed by atoms with Gasteiger partial charge in [-0.3, -0.25) is 0 Å². The third-order valence-corrected chi connectivity index (χ3v) is 2.18. The van der Waals surface area contributed by atoms with Crippen LogP contribution in [0.5, 0.6) is 0 Å². The van der Waals surface area contributed by atoms with E-state index in [0.29, 0.717) is 30.4 Å². The maximum absolute atomic E-state index is 10.4. The summed E-state index contributed by atoms with van der Waals surface area (Å²) in [6.07, 6.45) is 2.02. The Morgan fingerprint density at radius 1 is 1.50 bits per heavy atom. The Morgan fingerprint density at radius 2 is 2.33 bits per heavy atom. The van der Waals surface area contributed by atoms with Crippen molar-refractivity contribution in [2.45, 2.75) is 13.3 Å². The lowest BCUT2D eigenvalue weighted by Gasteiger charge is -2.01. The van der Waals surface area contributed by atoms with Crippen molar-refractivity contribution in [1.29, 1.82) is 0 Å². The van der Waals surface area contributed by atoms with Gasteiger partial charge in [0.1, 0.15) is 0 Å². The van der Waals surface area contributed by atoms with Gasteiger partial charge in [0, 0.05) is 26.0 Å². The van der Waals surface area contributed by atoms with E-state index in [1.54, 1.807) is 13.0 Å². The molecule has 0 unspecified atom stereocenters. The highest BCUT2D eigenvalue weighted by molar-refractivity contribution is 5.43. The van der Waals surface area contributed by atoms with Gasteiger partial charge in [-0.2, -0.15) is 4.98 Å². The van der Waals surface area contributed by atoms with Gasteiger partial charge in [0.2, 0.25) is 5.89 Å². The highest BCUT2D eigenvalue weighted by atomic mass is 16.6. The second kappa shape index (κ2) is 5.21. The molecule has 1 N–H and O–H groups in total. The SMILES string of the molecule is Cc1nc(CCNc2ccc([N+](=O)[O-])nc2)no1. The summed E-state index contributed by atoms with van der Waals surface area (Å²) in [7, 11) is 0. The van der Waals surface area contributed by atoms with Crippen molar-refractivity contribution in [1.82, 2.24) is 15.1 Å². The van der Waals surface area contributed by atoms with Crippen molar-refractivity contribution in [2.75, 3.05) is 11.9 Å². The average molecular weight is 249 g/mol. The Kier molecular flexibility index (Phi) is 3.46. The predicted molar refractivity (Wildman–Crippen MR) is 62.1 cm³/mol. The van der Waals surface area contributed by atoms with Crippen molar-refractivity contribution < 1.29 is 9.45 Å². The molecule has 0 amide bonds. The van der Waals surface area contributed by atoms with Crippen LogP contribution in [0.25, 0.3) is 0 Å². The van der Waals surface area contributed by atoms with Crippen LogP contribution in [0, 0.1) is 17.0 Å². The molecular formula is C10H11N5O3. The molecule has 0 radical (unpaired) electrons. The summed E-state index contributed by atoms with van der Waals surface area (Å²) < 4.78 is 4.83. The Bertz CT molecular complexity index is 537. The lowest BCUT2D eigenvalue weighted by atomic mass is 10.3. The molecule has 0 aliphatic rings. The summed E-state index contributed by atoms with van der Waals surface area (Å²) in [5.41, 5.74) is 0.709. The molecule has 0 saturated heterocycles. The number of nitro groups is 1. The fourth-order valence-corrected chi connectivity index (χ4v) is 1.36. The number of aryl methyl sites for hydroxylation is 1. The van der Waals surface area contributed by atoms with Crippen LogP contribution in [0.2, 0.25) is 0 Å². The molecule has 18 heavy (non-hydrogen) atoms. The maximum atomic E-state index is 10.4. The summed E-state index contributed by atoms with van der Waals surface area (Å²) >= 11 is 0. The molecule has 0 saturated carbocycles.